The van der Waals surface area contributed by atoms with Crippen LogP contribution in [0.5, 0.6) is 0 Å². The second-order valence-corrected chi connectivity index (χ2v) is 26.5. The maximum atomic E-state index is 4.52. The summed E-state index contributed by atoms with van der Waals surface area (Å²) in [6, 6.07) is 137. The maximum absolute atomic E-state index is 4.52. The number of para-hydroxylation sites is 6. The Morgan fingerprint density at radius 2 is 0.515 bits per heavy atom. The standard InChI is InChI=1S/C55H36N2.C41H27N3/c1-4-16-39(17-5-1)55(40-18-6-2-7-19-40)49-25-13-10-22-43(49)46-36-42(30-31-50(46)55)57-52-27-15-12-24-45(52)48-35-38(29-33-54(48)57)37-28-32-53-47(34-37)44-23-11-14-26-51(44)56(53)41-20-8-3-9-21-41;1-2-10-31(11-3-1)43-38-15-6-4-12-33(38)35-26-29(19-23-40(35)43)30-20-24-41-36(27-30)34-13-5-7-16-39(34)44(41)32-21-17-28(18-22-32)37-14-8-9-25-42-37/h1-36H;1-27H. The van der Waals surface area contributed by atoms with E-state index in [1.807, 2.05) is 24.4 Å². The normalized spacial score (nSPS) is 12.4. The van der Waals surface area contributed by atoms with Crippen LogP contribution in [0.3, 0.4) is 0 Å². The SMILES string of the molecule is c1ccc(-n2c3ccccc3c3cc(-c4ccc5c(c4)c4ccccc4n5-c4ccc(-c5ccccn5)cc4)ccc32)cc1.c1ccc(-n2c3ccccc3c3cc(-c4ccc5c(c4)c4ccccc4n5-c4ccc5c(c4)-c4ccccc4C5(c4ccccc4)c4ccccc4)ccc32)cc1. The number of aromatic nitrogens is 5. The summed E-state index contributed by atoms with van der Waals surface area (Å²) in [7, 11) is 0. The van der Waals surface area contributed by atoms with Crippen molar-refractivity contribution in [2.45, 2.75) is 5.41 Å². The fourth-order valence-corrected chi connectivity index (χ4v) is 16.8. The molecule has 0 fully saturated rings. The van der Waals surface area contributed by atoms with Crippen molar-refractivity contribution in [1.29, 1.82) is 0 Å². The zero-order valence-electron chi connectivity index (χ0n) is 55.1. The van der Waals surface area contributed by atoms with E-state index in [4.69, 9.17) is 0 Å². The third-order valence-electron chi connectivity index (χ3n) is 21.2. The number of benzene rings is 15. The minimum atomic E-state index is -0.419. The molecule has 472 valence electrons. The van der Waals surface area contributed by atoms with E-state index in [1.165, 1.54) is 154 Å². The van der Waals surface area contributed by atoms with Crippen LogP contribution in [-0.2, 0) is 5.41 Å². The van der Waals surface area contributed by atoms with Crippen molar-refractivity contribution in [3.63, 3.8) is 0 Å². The first-order valence-electron chi connectivity index (χ1n) is 34.7. The summed E-state index contributed by atoms with van der Waals surface area (Å²) in [6.07, 6.45) is 1.84. The molecule has 0 saturated carbocycles. The van der Waals surface area contributed by atoms with Crippen LogP contribution in [0.25, 0.3) is 155 Å². The topological polar surface area (TPSA) is 32.6 Å². The molecule has 21 rings (SSSR count). The Kier molecular flexibility index (Phi) is 13.4. The average molecular weight is 1290 g/mol. The number of rotatable bonds is 9. The van der Waals surface area contributed by atoms with Crippen LogP contribution in [0.4, 0.5) is 0 Å². The van der Waals surface area contributed by atoms with Gasteiger partial charge in [-0.15, -0.1) is 0 Å². The van der Waals surface area contributed by atoms with Crippen molar-refractivity contribution in [3.8, 4) is 67.4 Å². The molecule has 1 aliphatic rings. The van der Waals surface area contributed by atoms with Crippen molar-refractivity contribution < 1.29 is 0 Å². The van der Waals surface area contributed by atoms with Gasteiger partial charge in [0.15, 0.2) is 0 Å². The summed E-state index contributed by atoms with van der Waals surface area (Å²) in [4.78, 5) is 4.52. The van der Waals surface area contributed by atoms with Gasteiger partial charge in [-0.05, 0) is 189 Å². The zero-order valence-corrected chi connectivity index (χ0v) is 55.1. The minimum absolute atomic E-state index is 0.419. The predicted molar refractivity (Wildman–Crippen MR) is 422 cm³/mol. The molecule has 5 heteroatoms. The maximum Gasteiger partial charge on any atom is 0.0713 e. The van der Waals surface area contributed by atoms with E-state index in [1.54, 1.807) is 0 Å². The van der Waals surface area contributed by atoms with Crippen LogP contribution in [0.1, 0.15) is 22.3 Å². The molecule has 0 amide bonds. The molecule has 20 aromatic rings. The Morgan fingerprint density at radius 1 is 0.198 bits per heavy atom. The lowest BCUT2D eigenvalue weighted by Gasteiger charge is -2.33. The molecule has 0 unspecified atom stereocenters. The lowest BCUT2D eigenvalue weighted by Crippen LogP contribution is -2.28. The van der Waals surface area contributed by atoms with Gasteiger partial charge in [-0.2, -0.15) is 0 Å². The summed E-state index contributed by atoms with van der Waals surface area (Å²) in [5.41, 5.74) is 28.6. The molecule has 101 heavy (non-hydrogen) atoms. The number of hydrogen-bond donors (Lipinski definition) is 0. The van der Waals surface area contributed by atoms with Crippen LogP contribution < -0.4 is 0 Å². The van der Waals surface area contributed by atoms with E-state index in [2.05, 4.69) is 381 Å². The lowest BCUT2D eigenvalue weighted by molar-refractivity contribution is 0.768. The third-order valence-corrected chi connectivity index (χ3v) is 21.2. The fraction of sp³-hybridized carbons (Fsp3) is 0.0104. The highest BCUT2D eigenvalue weighted by Gasteiger charge is 2.46. The van der Waals surface area contributed by atoms with Crippen LogP contribution in [0.2, 0.25) is 0 Å². The monoisotopic (exact) mass is 1290 g/mol. The van der Waals surface area contributed by atoms with Gasteiger partial charge in [0, 0.05) is 77.6 Å². The van der Waals surface area contributed by atoms with Crippen molar-refractivity contribution in [2.75, 3.05) is 0 Å². The summed E-state index contributed by atoms with van der Waals surface area (Å²) >= 11 is 0. The van der Waals surface area contributed by atoms with Gasteiger partial charge in [0.2, 0.25) is 0 Å². The molecule has 0 spiro atoms. The molecule has 0 aliphatic heterocycles. The molecule has 5 nitrogen and oxygen atoms in total. The molecule has 1 aliphatic carbocycles. The van der Waals surface area contributed by atoms with E-state index < -0.39 is 5.41 Å². The largest absolute Gasteiger partial charge is 0.309 e. The Morgan fingerprint density at radius 3 is 0.931 bits per heavy atom. The van der Waals surface area contributed by atoms with Gasteiger partial charge in [0.25, 0.3) is 0 Å². The molecule has 0 radical (unpaired) electrons. The molecule has 5 heterocycles. The lowest BCUT2D eigenvalue weighted by atomic mass is 9.68. The third kappa shape index (κ3) is 9.14. The van der Waals surface area contributed by atoms with Gasteiger partial charge in [-0.1, -0.05) is 243 Å². The molecule has 0 atom stereocenters. The van der Waals surface area contributed by atoms with E-state index in [0.717, 1.165) is 22.6 Å². The number of hydrogen-bond acceptors (Lipinski definition) is 1. The first kappa shape index (κ1) is 57.9. The van der Waals surface area contributed by atoms with E-state index >= 15 is 0 Å². The first-order valence-corrected chi connectivity index (χ1v) is 34.7. The second-order valence-electron chi connectivity index (χ2n) is 26.5. The molecule has 0 bridgehead atoms. The number of fused-ring (bicyclic) bond motifs is 15. The van der Waals surface area contributed by atoms with Crippen LogP contribution in [0, 0.1) is 0 Å². The first-order chi connectivity index (χ1) is 50.1. The highest BCUT2D eigenvalue weighted by molar-refractivity contribution is 6.15. The molecule has 0 saturated heterocycles. The Bertz CT molecular complexity index is 6560. The summed E-state index contributed by atoms with van der Waals surface area (Å²) < 4.78 is 9.57. The van der Waals surface area contributed by atoms with Gasteiger partial charge in [-0.3, -0.25) is 4.98 Å². The van der Waals surface area contributed by atoms with Crippen LogP contribution >= 0.6 is 0 Å². The quantitative estimate of drug-likeness (QED) is 0.142. The molecule has 0 N–H and O–H groups in total. The predicted octanol–water partition coefficient (Wildman–Crippen LogP) is 24.5. The van der Waals surface area contributed by atoms with E-state index in [0.29, 0.717) is 0 Å². The van der Waals surface area contributed by atoms with Gasteiger partial charge in [0.05, 0.1) is 55.2 Å². The van der Waals surface area contributed by atoms with E-state index in [-0.39, 0.29) is 0 Å². The molecule has 15 aromatic carbocycles. The van der Waals surface area contributed by atoms with Gasteiger partial charge >= 0.3 is 0 Å². The highest BCUT2D eigenvalue weighted by atomic mass is 15.0. The van der Waals surface area contributed by atoms with Gasteiger partial charge < -0.3 is 18.3 Å². The molecular formula is C96H63N5. The number of nitrogens with zero attached hydrogens (tertiary/aromatic N) is 5. The molecule has 5 aromatic heterocycles. The second kappa shape index (κ2) is 23.4. The van der Waals surface area contributed by atoms with Crippen molar-refractivity contribution in [2.24, 2.45) is 0 Å². The number of pyridine rings is 1. The van der Waals surface area contributed by atoms with Gasteiger partial charge in [-0.25, -0.2) is 0 Å². The average Bonchev–Trinajstić information content (AvgIpc) is 1.59. The Hall–Kier alpha value is -13.4. The fourth-order valence-electron chi connectivity index (χ4n) is 16.8. The van der Waals surface area contributed by atoms with E-state index in [9.17, 15) is 0 Å². The highest BCUT2D eigenvalue weighted by Crippen LogP contribution is 2.57. The summed E-state index contributed by atoms with van der Waals surface area (Å²) in [6.45, 7) is 0. The summed E-state index contributed by atoms with van der Waals surface area (Å²) in [5.74, 6) is 0. The van der Waals surface area contributed by atoms with Crippen molar-refractivity contribution in [3.05, 3.63) is 405 Å². The van der Waals surface area contributed by atoms with Crippen LogP contribution in [-0.4, -0.2) is 23.3 Å². The van der Waals surface area contributed by atoms with Crippen molar-refractivity contribution in [1.82, 2.24) is 23.3 Å². The Labute approximate surface area is 584 Å². The summed E-state index contributed by atoms with van der Waals surface area (Å²) in [5, 5.41) is 10.0. The Balaban J connectivity index is 0.000000140. The van der Waals surface area contributed by atoms with Crippen LogP contribution in [0.15, 0.2) is 382 Å². The van der Waals surface area contributed by atoms with Gasteiger partial charge in [0.1, 0.15) is 0 Å². The zero-order chi connectivity index (χ0) is 66.5. The van der Waals surface area contributed by atoms with Crippen molar-refractivity contribution >= 4 is 87.2 Å². The smallest absolute Gasteiger partial charge is 0.0713 e. The molecular weight excluding hydrogens is 1220 g/mol. The minimum Gasteiger partial charge on any atom is -0.309 e.